The van der Waals surface area contributed by atoms with E-state index in [0.717, 1.165) is 12.1 Å². The molecule has 0 bridgehead atoms. The first kappa shape index (κ1) is 7.74. The standard InChI is InChI=1S/C10H12FN/c1-7-6-12-10(7)8-3-2-4-9(11)5-8/h2-5,7,10,12H,6H2,1H3. The molecular weight excluding hydrogens is 153 g/mol. The molecule has 0 radical (unpaired) electrons. The highest BCUT2D eigenvalue weighted by molar-refractivity contribution is 5.22. The molecule has 1 nitrogen and oxygen atoms in total. The Morgan fingerprint density at radius 3 is 2.83 bits per heavy atom. The van der Waals surface area contributed by atoms with Gasteiger partial charge >= 0.3 is 0 Å². The van der Waals surface area contributed by atoms with Crippen LogP contribution >= 0.6 is 0 Å². The summed E-state index contributed by atoms with van der Waals surface area (Å²) in [5, 5.41) is 3.27. The smallest absolute Gasteiger partial charge is 0.123 e. The fourth-order valence-electron chi connectivity index (χ4n) is 1.62. The molecule has 1 saturated heterocycles. The summed E-state index contributed by atoms with van der Waals surface area (Å²) >= 11 is 0. The maximum absolute atomic E-state index is 12.8. The Labute approximate surface area is 71.6 Å². The van der Waals surface area contributed by atoms with Crippen LogP contribution in [0.15, 0.2) is 24.3 Å². The SMILES string of the molecule is CC1CNC1c1cccc(F)c1. The summed E-state index contributed by atoms with van der Waals surface area (Å²) < 4.78 is 12.8. The number of halogens is 1. The Balaban J connectivity index is 2.22. The number of benzene rings is 1. The number of nitrogens with one attached hydrogen (secondary N) is 1. The molecule has 0 aliphatic carbocycles. The molecule has 64 valence electrons. The number of hydrogen-bond donors (Lipinski definition) is 1. The van der Waals surface area contributed by atoms with Crippen molar-refractivity contribution >= 4 is 0 Å². The quantitative estimate of drug-likeness (QED) is 0.672. The van der Waals surface area contributed by atoms with Crippen LogP contribution in [0.2, 0.25) is 0 Å². The van der Waals surface area contributed by atoms with E-state index in [9.17, 15) is 4.39 Å². The van der Waals surface area contributed by atoms with E-state index in [4.69, 9.17) is 0 Å². The molecule has 1 aromatic rings. The summed E-state index contributed by atoms with van der Waals surface area (Å²) in [5.74, 6) is 0.486. The lowest BCUT2D eigenvalue weighted by atomic mass is 9.88. The zero-order valence-corrected chi connectivity index (χ0v) is 7.05. The first-order chi connectivity index (χ1) is 5.77. The molecular formula is C10H12FN. The lowest BCUT2D eigenvalue weighted by Crippen LogP contribution is -2.43. The Bertz CT molecular complexity index is 285. The van der Waals surface area contributed by atoms with Gasteiger partial charge in [0.1, 0.15) is 5.82 Å². The largest absolute Gasteiger partial charge is 0.309 e. The normalized spacial score (nSPS) is 28.2. The highest BCUT2D eigenvalue weighted by Gasteiger charge is 2.27. The minimum absolute atomic E-state index is 0.145. The van der Waals surface area contributed by atoms with Gasteiger partial charge in [0.2, 0.25) is 0 Å². The van der Waals surface area contributed by atoms with Crippen molar-refractivity contribution in [3.05, 3.63) is 35.6 Å². The van der Waals surface area contributed by atoms with E-state index in [1.54, 1.807) is 12.1 Å². The average molecular weight is 165 g/mol. The molecule has 0 saturated carbocycles. The fourth-order valence-corrected chi connectivity index (χ4v) is 1.62. The molecule has 1 heterocycles. The highest BCUT2D eigenvalue weighted by Crippen LogP contribution is 2.28. The van der Waals surface area contributed by atoms with Gasteiger partial charge in [-0.1, -0.05) is 19.1 Å². The van der Waals surface area contributed by atoms with Gasteiger partial charge in [-0.15, -0.1) is 0 Å². The maximum atomic E-state index is 12.8. The van der Waals surface area contributed by atoms with Crippen molar-refractivity contribution in [1.29, 1.82) is 0 Å². The minimum atomic E-state index is -0.145. The monoisotopic (exact) mass is 165 g/mol. The van der Waals surface area contributed by atoms with E-state index < -0.39 is 0 Å². The molecule has 0 spiro atoms. The van der Waals surface area contributed by atoms with Crippen molar-refractivity contribution in [1.82, 2.24) is 5.32 Å². The van der Waals surface area contributed by atoms with Gasteiger partial charge < -0.3 is 5.32 Å². The first-order valence-electron chi connectivity index (χ1n) is 4.26. The van der Waals surface area contributed by atoms with E-state index in [2.05, 4.69) is 12.2 Å². The van der Waals surface area contributed by atoms with Crippen LogP contribution < -0.4 is 5.32 Å². The first-order valence-corrected chi connectivity index (χ1v) is 4.26. The van der Waals surface area contributed by atoms with Crippen LogP contribution in [0.4, 0.5) is 4.39 Å². The average Bonchev–Trinajstić information content (AvgIpc) is 2.02. The Hall–Kier alpha value is -0.890. The van der Waals surface area contributed by atoms with E-state index >= 15 is 0 Å². The van der Waals surface area contributed by atoms with E-state index in [0.29, 0.717) is 12.0 Å². The van der Waals surface area contributed by atoms with Gasteiger partial charge in [0.05, 0.1) is 0 Å². The molecule has 1 fully saturated rings. The molecule has 2 unspecified atom stereocenters. The molecule has 12 heavy (non-hydrogen) atoms. The molecule has 2 heteroatoms. The van der Waals surface area contributed by atoms with Gasteiger partial charge in [0, 0.05) is 12.6 Å². The van der Waals surface area contributed by atoms with Crippen LogP contribution in [-0.4, -0.2) is 6.54 Å². The van der Waals surface area contributed by atoms with Crippen LogP contribution in [-0.2, 0) is 0 Å². The zero-order valence-electron chi connectivity index (χ0n) is 7.05. The van der Waals surface area contributed by atoms with Gasteiger partial charge in [-0.05, 0) is 23.6 Å². The predicted molar refractivity (Wildman–Crippen MR) is 46.3 cm³/mol. The van der Waals surface area contributed by atoms with Crippen LogP contribution in [0.5, 0.6) is 0 Å². The second kappa shape index (κ2) is 2.87. The van der Waals surface area contributed by atoms with Gasteiger partial charge in [-0.2, -0.15) is 0 Å². The third-order valence-corrected chi connectivity index (χ3v) is 2.44. The Morgan fingerprint density at radius 2 is 2.33 bits per heavy atom. The molecule has 1 aromatic carbocycles. The topological polar surface area (TPSA) is 12.0 Å². The summed E-state index contributed by atoms with van der Waals surface area (Å²) in [6, 6.07) is 7.18. The molecule has 1 N–H and O–H groups in total. The maximum Gasteiger partial charge on any atom is 0.123 e. The fraction of sp³-hybridized carbons (Fsp3) is 0.400. The van der Waals surface area contributed by atoms with Crippen molar-refractivity contribution in [2.75, 3.05) is 6.54 Å². The van der Waals surface area contributed by atoms with Crippen molar-refractivity contribution in [3.8, 4) is 0 Å². The zero-order chi connectivity index (χ0) is 8.55. The van der Waals surface area contributed by atoms with Gasteiger partial charge in [0.25, 0.3) is 0 Å². The highest BCUT2D eigenvalue weighted by atomic mass is 19.1. The molecule has 1 aliphatic rings. The van der Waals surface area contributed by atoms with Crippen LogP contribution in [0, 0.1) is 11.7 Å². The summed E-state index contributed by atoms with van der Waals surface area (Å²) in [7, 11) is 0. The van der Waals surface area contributed by atoms with Crippen LogP contribution in [0.25, 0.3) is 0 Å². The summed E-state index contributed by atoms with van der Waals surface area (Å²) in [5.41, 5.74) is 1.06. The summed E-state index contributed by atoms with van der Waals surface area (Å²) in [4.78, 5) is 0. The second-order valence-electron chi connectivity index (χ2n) is 3.42. The van der Waals surface area contributed by atoms with Crippen molar-refractivity contribution in [3.63, 3.8) is 0 Å². The molecule has 1 aliphatic heterocycles. The van der Waals surface area contributed by atoms with Crippen LogP contribution in [0.3, 0.4) is 0 Å². The number of hydrogen-bond acceptors (Lipinski definition) is 1. The van der Waals surface area contributed by atoms with Gasteiger partial charge in [0.15, 0.2) is 0 Å². The molecule has 2 rings (SSSR count). The lowest BCUT2D eigenvalue weighted by Gasteiger charge is -2.35. The third-order valence-electron chi connectivity index (χ3n) is 2.44. The van der Waals surface area contributed by atoms with Gasteiger partial charge in [-0.25, -0.2) is 4.39 Å². The van der Waals surface area contributed by atoms with E-state index in [-0.39, 0.29) is 5.82 Å². The van der Waals surface area contributed by atoms with Crippen LogP contribution in [0.1, 0.15) is 18.5 Å². The molecule has 0 aromatic heterocycles. The van der Waals surface area contributed by atoms with E-state index in [1.807, 2.05) is 6.07 Å². The van der Waals surface area contributed by atoms with Crippen molar-refractivity contribution in [2.45, 2.75) is 13.0 Å². The molecule has 2 atom stereocenters. The van der Waals surface area contributed by atoms with Crippen molar-refractivity contribution in [2.24, 2.45) is 5.92 Å². The summed E-state index contributed by atoms with van der Waals surface area (Å²) in [6.45, 7) is 3.22. The van der Waals surface area contributed by atoms with E-state index in [1.165, 1.54) is 6.07 Å². The third kappa shape index (κ3) is 1.23. The lowest BCUT2D eigenvalue weighted by molar-refractivity contribution is 0.258. The number of rotatable bonds is 1. The Morgan fingerprint density at radius 1 is 1.50 bits per heavy atom. The van der Waals surface area contributed by atoms with Crippen molar-refractivity contribution < 1.29 is 4.39 Å². The predicted octanol–water partition coefficient (Wildman–Crippen LogP) is 2.11. The second-order valence-corrected chi connectivity index (χ2v) is 3.42. The molecule has 0 amide bonds. The van der Waals surface area contributed by atoms with Gasteiger partial charge in [-0.3, -0.25) is 0 Å². The minimum Gasteiger partial charge on any atom is -0.309 e. The Kier molecular flexibility index (Phi) is 1.85. The summed E-state index contributed by atoms with van der Waals surface area (Å²) in [6.07, 6.45) is 0.